The van der Waals surface area contributed by atoms with Crippen molar-refractivity contribution in [3.63, 3.8) is 0 Å². The number of ether oxygens (including phenoxy) is 1. The molecule has 2 aromatic carbocycles. The molecule has 0 spiro atoms. The van der Waals surface area contributed by atoms with Crippen molar-refractivity contribution >= 4 is 22.9 Å². The molecular weight excluding hydrogens is 264 g/mol. The smallest absolute Gasteiger partial charge is 0.260 e. The topological polar surface area (TPSA) is 62.1 Å². The number of nitrogens with one attached hydrogen (secondary N) is 1. The fourth-order valence-electron chi connectivity index (χ4n) is 2.78. The standard InChI is InChI=1S/C17H10N2O2/c18-8-10-5-6-12-11(7-10)9-21-16(12)15-13-3-1-2-4-14(13)19-17(15)20/h1-7H,9H2,(H,19,20). The summed E-state index contributed by atoms with van der Waals surface area (Å²) in [6.07, 6.45) is 0. The molecule has 21 heavy (non-hydrogen) atoms. The first-order chi connectivity index (χ1) is 10.3. The van der Waals surface area contributed by atoms with Gasteiger partial charge in [-0.05, 0) is 24.3 Å². The minimum atomic E-state index is -0.150. The molecule has 0 radical (unpaired) electrons. The second kappa shape index (κ2) is 4.22. The van der Waals surface area contributed by atoms with Crippen LogP contribution in [-0.4, -0.2) is 5.91 Å². The van der Waals surface area contributed by atoms with E-state index in [1.54, 1.807) is 6.07 Å². The number of hydrogen-bond donors (Lipinski definition) is 1. The third-order valence-electron chi connectivity index (χ3n) is 3.75. The number of nitriles is 1. The van der Waals surface area contributed by atoms with E-state index >= 15 is 0 Å². The van der Waals surface area contributed by atoms with E-state index in [2.05, 4.69) is 11.4 Å². The first kappa shape index (κ1) is 11.7. The average molecular weight is 274 g/mol. The van der Waals surface area contributed by atoms with Crippen molar-refractivity contribution in [1.29, 1.82) is 5.26 Å². The number of fused-ring (bicyclic) bond motifs is 2. The highest BCUT2D eigenvalue weighted by atomic mass is 16.5. The first-order valence-electron chi connectivity index (χ1n) is 6.59. The molecule has 1 amide bonds. The molecule has 100 valence electrons. The lowest BCUT2D eigenvalue weighted by molar-refractivity contribution is -0.110. The lowest BCUT2D eigenvalue weighted by atomic mass is 9.99. The molecule has 0 saturated heterocycles. The Kier molecular flexibility index (Phi) is 2.36. The van der Waals surface area contributed by atoms with Crippen LogP contribution in [0, 0.1) is 11.3 Å². The Hall–Kier alpha value is -3.06. The van der Waals surface area contributed by atoms with Crippen molar-refractivity contribution in [2.75, 3.05) is 5.32 Å². The normalized spacial score (nSPS) is 18.5. The number of anilines is 1. The maximum Gasteiger partial charge on any atom is 0.260 e. The summed E-state index contributed by atoms with van der Waals surface area (Å²) < 4.78 is 5.74. The molecular formula is C17H10N2O2. The number of carbonyl (C=O) groups excluding carboxylic acids is 1. The van der Waals surface area contributed by atoms with Gasteiger partial charge in [-0.3, -0.25) is 4.79 Å². The van der Waals surface area contributed by atoms with Gasteiger partial charge >= 0.3 is 0 Å². The zero-order valence-corrected chi connectivity index (χ0v) is 11.0. The van der Waals surface area contributed by atoms with Gasteiger partial charge in [0, 0.05) is 22.4 Å². The molecule has 0 bridgehead atoms. The van der Waals surface area contributed by atoms with Gasteiger partial charge in [-0.2, -0.15) is 5.26 Å². The molecule has 4 rings (SSSR count). The molecule has 0 atom stereocenters. The Morgan fingerprint density at radius 2 is 2.00 bits per heavy atom. The van der Waals surface area contributed by atoms with Gasteiger partial charge in [-0.25, -0.2) is 0 Å². The first-order valence-corrected chi connectivity index (χ1v) is 6.59. The third kappa shape index (κ3) is 1.65. The lowest BCUT2D eigenvalue weighted by Gasteiger charge is -2.04. The van der Waals surface area contributed by atoms with E-state index in [4.69, 9.17) is 10.00 Å². The van der Waals surface area contributed by atoms with E-state index in [1.165, 1.54) is 0 Å². The summed E-state index contributed by atoms with van der Waals surface area (Å²) in [5, 5.41) is 11.8. The van der Waals surface area contributed by atoms with Gasteiger partial charge in [0.2, 0.25) is 0 Å². The number of para-hydroxylation sites is 1. The zero-order chi connectivity index (χ0) is 14.4. The molecule has 2 aliphatic rings. The fourth-order valence-corrected chi connectivity index (χ4v) is 2.78. The molecule has 2 heterocycles. The maximum atomic E-state index is 12.2. The minimum Gasteiger partial charge on any atom is -0.487 e. The maximum absolute atomic E-state index is 12.2. The number of hydrogen-bond acceptors (Lipinski definition) is 3. The van der Waals surface area contributed by atoms with E-state index in [-0.39, 0.29) is 5.91 Å². The van der Waals surface area contributed by atoms with Crippen LogP contribution in [0.3, 0.4) is 0 Å². The summed E-state index contributed by atoms with van der Waals surface area (Å²) in [6, 6.07) is 15.1. The molecule has 2 aromatic rings. The molecule has 4 heteroatoms. The molecule has 4 nitrogen and oxygen atoms in total. The second-order valence-electron chi connectivity index (χ2n) is 4.98. The number of nitrogens with zero attached hydrogens (tertiary/aromatic N) is 1. The Bertz CT molecular complexity index is 859. The monoisotopic (exact) mass is 274 g/mol. The molecule has 0 aromatic heterocycles. The van der Waals surface area contributed by atoms with Gasteiger partial charge in [0.25, 0.3) is 5.91 Å². The van der Waals surface area contributed by atoms with E-state index in [0.29, 0.717) is 23.5 Å². The third-order valence-corrected chi connectivity index (χ3v) is 3.75. The van der Waals surface area contributed by atoms with Crippen LogP contribution in [0.5, 0.6) is 0 Å². The van der Waals surface area contributed by atoms with E-state index in [0.717, 1.165) is 22.4 Å². The van der Waals surface area contributed by atoms with Crippen molar-refractivity contribution in [2.45, 2.75) is 6.61 Å². The van der Waals surface area contributed by atoms with Gasteiger partial charge in [-0.15, -0.1) is 0 Å². The van der Waals surface area contributed by atoms with Crippen molar-refractivity contribution in [2.24, 2.45) is 0 Å². The van der Waals surface area contributed by atoms with Crippen LogP contribution >= 0.6 is 0 Å². The average Bonchev–Trinajstić information content (AvgIpc) is 3.06. The highest BCUT2D eigenvalue weighted by Crippen LogP contribution is 2.41. The predicted molar refractivity (Wildman–Crippen MR) is 77.8 cm³/mol. The number of rotatable bonds is 0. The quantitative estimate of drug-likeness (QED) is 0.751. The highest BCUT2D eigenvalue weighted by Gasteiger charge is 2.32. The number of carbonyl (C=O) groups is 1. The minimum absolute atomic E-state index is 0.150. The molecule has 1 N–H and O–H groups in total. The molecule has 0 aliphatic carbocycles. The van der Waals surface area contributed by atoms with Gasteiger partial charge in [0.1, 0.15) is 12.4 Å². The van der Waals surface area contributed by atoms with Crippen LogP contribution in [0.1, 0.15) is 22.3 Å². The van der Waals surface area contributed by atoms with E-state index in [1.807, 2.05) is 36.4 Å². The summed E-state index contributed by atoms with van der Waals surface area (Å²) >= 11 is 0. The molecule has 0 unspecified atom stereocenters. The number of amides is 1. The Labute approximate surface area is 121 Å². The molecule has 0 fully saturated rings. The van der Waals surface area contributed by atoms with Crippen LogP contribution in [0.2, 0.25) is 0 Å². The largest absolute Gasteiger partial charge is 0.487 e. The summed E-state index contributed by atoms with van der Waals surface area (Å²) in [6.45, 7) is 0.388. The summed E-state index contributed by atoms with van der Waals surface area (Å²) in [7, 11) is 0. The SMILES string of the molecule is N#Cc1ccc2c(c1)COC2=C1C(=O)Nc2ccccc21. The van der Waals surface area contributed by atoms with Gasteiger partial charge in [0.05, 0.1) is 17.2 Å². The zero-order valence-electron chi connectivity index (χ0n) is 11.0. The Morgan fingerprint density at radius 3 is 2.86 bits per heavy atom. The van der Waals surface area contributed by atoms with Crippen LogP contribution in [0.4, 0.5) is 5.69 Å². The Balaban J connectivity index is 1.94. The van der Waals surface area contributed by atoms with Crippen molar-refractivity contribution < 1.29 is 9.53 Å². The van der Waals surface area contributed by atoms with Gasteiger partial charge < -0.3 is 10.1 Å². The fraction of sp³-hybridized carbons (Fsp3) is 0.0588. The second-order valence-corrected chi connectivity index (χ2v) is 4.98. The van der Waals surface area contributed by atoms with Gasteiger partial charge in [-0.1, -0.05) is 18.2 Å². The van der Waals surface area contributed by atoms with Gasteiger partial charge in [0.15, 0.2) is 0 Å². The van der Waals surface area contributed by atoms with E-state index in [9.17, 15) is 4.79 Å². The van der Waals surface area contributed by atoms with Crippen molar-refractivity contribution in [3.05, 3.63) is 64.7 Å². The Morgan fingerprint density at radius 1 is 1.14 bits per heavy atom. The van der Waals surface area contributed by atoms with Crippen molar-refractivity contribution in [3.8, 4) is 6.07 Å². The van der Waals surface area contributed by atoms with Crippen LogP contribution in [-0.2, 0) is 16.1 Å². The summed E-state index contributed by atoms with van der Waals surface area (Å²) in [4.78, 5) is 12.2. The predicted octanol–water partition coefficient (Wildman–Crippen LogP) is 2.91. The van der Waals surface area contributed by atoms with Crippen LogP contribution in [0.25, 0.3) is 11.3 Å². The molecule has 2 aliphatic heterocycles. The highest BCUT2D eigenvalue weighted by molar-refractivity contribution is 6.36. The van der Waals surface area contributed by atoms with Crippen LogP contribution < -0.4 is 5.32 Å². The number of benzene rings is 2. The summed E-state index contributed by atoms with van der Waals surface area (Å²) in [5.41, 5.74) is 4.64. The molecule has 0 saturated carbocycles. The van der Waals surface area contributed by atoms with Crippen molar-refractivity contribution in [1.82, 2.24) is 0 Å². The van der Waals surface area contributed by atoms with Crippen LogP contribution in [0.15, 0.2) is 42.5 Å². The van der Waals surface area contributed by atoms with E-state index < -0.39 is 0 Å². The summed E-state index contributed by atoms with van der Waals surface area (Å²) in [5.74, 6) is 0.445. The lowest BCUT2D eigenvalue weighted by Crippen LogP contribution is -2.05.